The summed E-state index contributed by atoms with van der Waals surface area (Å²) in [6, 6.07) is 7.96. The van der Waals surface area contributed by atoms with Gasteiger partial charge in [0.25, 0.3) is 5.91 Å². The maximum atomic E-state index is 15.3. The van der Waals surface area contributed by atoms with Crippen LogP contribution in [0, 0.1) is 5.82 Å². The third-order valence-corrected chi connectivity index (χ3v) is 6.18. The number of amides is 1. The lowest BCUT2D eigenvalue weighted by Crippen LogP contribution is -2.30. The number of anilines is 4. The van der Waals surface area contributed by atoms with Crippen LogP contribution in [0.2, 0.25) is 0 Å². The van der Waals surface area contributed by atoms with Crippen molar-refractivity contribution in [2.45, 2.75) is 51.8 Å². The van der Waals surface area contributed by atoms with Gasteiger partial charge in [-0.2, -0.15) is 10.2 Å². The Kier molecular flexibility index (Phi) is 8.45. The fourth-order valence-electron chi connectivity index (χ4n) is 4.39. The second-order valence-electron chi connectivity index (χ2n) is 11.0. The number of carbonyl (C=O) groups is 2. The van der Waals surface area contributed by atoms with Gasteiger partial charge in [-0.25, -0.2) is 9.37 Å². The Morgan fingerprint density at radius 3 is 2.59 bits per heavy atom. The van der Waals surface area contributed by atoms with E-state index in [4.69, 9.17) is 10.5 Å². The van der Waals surface area contributed by atoms with Crippen molar-refractivity contribution in [1.82, 2.24) is 24.5 Å². The molecular weight excluding hydrogens is 529 g/mol. The van der Waals surface area contributed by atoms with E-state index in [0.29, 0.717) is 18.7 Å². The first-order valence-electron chi connectivity index (χ1n) is 13.2. The number of esters is 1. The van der Waals surface area contributed by atoms with E-state index in [2.05, 4.69) is 25.8 Å². The summed E-state index contributed by atoms with van der Waals surface area (Å²) < 4.78 is 24.1. The van der Waals surface area contributed by atoms with Gasteiger partial charge in [0.1, 0.15) is 11.4 Å². The number of hydrogen-bond acceptors (Lipinski definition) is 9. The number of rotatable bonds is 11. The van der Waals surface area contributed by atoms with Crippen LogP contribution in [0.4, 0.5) is 27.5 Å². The fourth-order valence-corrected chi connectivity index (χ4v) is 4.39. The second kappa shape index (κ2) is 11.8. The number of aromatic nitrogens is 5. The summed E-state index contributed by atoms with van der Waals surface area (Å²) in [7, 11) is 5.65. The number of fused-ring (bicyclic) bond motifs is 1. The Labute approximate surface area is 237 Å². The Balaban J connectivity index is 1.63. The van der Waals surface area contributed by atoms with Crippen molar-refractivity contribution in [3.05, 3.63) is 54.1 Å². The molecule has 218 valence electrons. The summed E-state index contributed by atoms with van der Waals surface area (Å²) in [5, 5.41) is 15.9. The van der Waals surface area contributed by atoms with Crippen molar-refractivity contribution in [2.75, 3.05) is 29.6 Å². The minimum Gasteiger partial charge on any atom is -0.460 e. The van der Waals surface area contributed by atoms with E-state index in [0.717, 1.165) is 22.8 Å². The highest BCUT2D eigenvalue weighted by molar-refractivity contribution is 5.99. The molecule has 3 heterocycles. The van der Waals surface area contributed by atoms with Crippen LogP contribution in [0.25, 0.3) is 10.9 Å². The highest BCUT2D eigenvalue weighted by atomic mass is 19.1. The molecule has 0 saturated carbocycles. The van der Waals surface area contributed by atoms with E-state index >= 15 is 4.39 Å². The quantitative estimate of drug-likeness (QED) is 0.231. The zero-order valence-corrected chi connectivity index (χ0v) is 24.1. The molecule has 0 fully saturated rings. The van der Waals surface area contributed by atoms with Crippen LogP contribution in [-0.4, -0.2) is 62.2 Å². The van der Waals surface area contributed by atoms with Crippen LogP contribution < -0.4 is 21.3 Å². The average molecular weight is 566 g/mol. The van der Waals surface area contributed by atoms with E-state index in [1.165, 1.54) is 0 Å². The number of nitrogens with zero attached hydrogens (tertiary/aromatic N) is 6. The molecule has 41 heavy (non-hydrogen) atoms. The van der Waals surface area contributed by atoms with E-state index in [1.54, 1.807) is 48.6 Å². The van der Waals surface area contributed by atoms with E-state index < -0.39 is 23.4 Å². The molecule has 0 aliphatic rings. The third kappa shape index (κ3) is 7.29. The summed E-state index contributed by atoms with van der Waals surface area (Å²) in [6.07, 6.45) is 3.82. The van der Waals surface area contributed by atoms with Gasteiger partial charge in [0.15, 0.2) is 17.5 Å². The maximum Gasteiger partial charge on any atom is 0.306 e. The van der Waals surface area contributed by atoms with E-state index in [9.17, 15) is 9.59 Å². The van der Waals surface area contributed by atoms with Gasteiger partial charge in [0.2, 0.25) is 0 Å². The van der Waals surface area contributed by atoms with Gasteiger partial charge >= 0.3 is 5.97 Å². The number of ether oxygens (including phenoxy) is 1. The second-order valence-corrected chi connectivity index (χ2v) is 11.0. The first-order chi connectivity index (χ1) is 19.3. The van der Waals surface area contributed by atoms with Crippen molar-refractivity contribution in [3.63, 3.8) is 0 Å². The van der Waals surface area contributed by atoms with Crippen LogP contribution in [-0.2, 0) is 23.1 Å². The smallest absolute Gasteiger partial charge is 0.306 e. The Morgan fingerprint density at radius 1 is 1.20 bits per heavy atom. The molecule has 1 aromatic carbocycles. The predicted octanol–water partition coefficient (Wildman–Crippen LogP) is 3.82. The lowest BCUT2D eigenvalue weighted by molar-refractivity contribution is -0.155. The molecule has 0 unspecified atom stereocenters. The highest BCUT2D eigenvalue weighted by Crippen LogP contribution is 2.30. The number of carbonyl (C=O) groups excluding carboxylic acids is 2. The zero-order chi connectivity index (χ0) is 29.9. The monoisotopic (exact) mass is 565 g/mol. The van der Waals surface area contributed by atoms with Gasteiger partial charge in [-0.15, -0.1) is 0 Å². The number of nitrogens with two attached hydrogens (primary N) is 1. The van der Waals surface area contributed by atoms with Gasteiger partial charge in [-0.1, -0.05) is 0 Å². The van der Waals surface area contributed by atoms with Gasteiger partial charge in [0.05, 0.1) is 17.6 Å². The van der Waals surface area contributed by atoms with E-state index in [1.807, 2.05) is 44.2 Å². The number of pyridine rings is 1. The molecule has 0 bridgehead atoms. The molecule has 4 N–H and O–H groups in total. The van der Waals surface area contributed by atoms with Crippen molar-refractivity contribution < 1.29 is 18.7 Å². The normalized spacial score (nSPS) is 12.3. The SMILES string of the molecule is CN(C)c1nn(C)c2ccc(Nc3nc(N[C@@H](CCC(=O)OC(C)(C)C)Cn4cccn4)c(F)cc3C(N)=O)cc12. The van der Waals surface area contributed by atoms with Crippen molar-refractivity contribution in [3.8, 4) is 0 Å². The average Bonchev–Trinajstić information content (AvgIpc) is 3.50. The van der Waals surface area contributed by atoms with E-state index in [-0.39, 0.29) is 29.6 Å². The van der Waals surface area contributed by atoms with Gasteiger partial charge in [0, 0.05) is 57.1 Å². The summed E-state index contributed by atoms with van der Waals surface area (Å²) in [5.41, 5.74) is 6.38. The third-order valence-electron chi connectivity index (χ3n) is 6.18. The molecule has 13 heteroatoms. The molecule has 3 aromatic heterocycles. The number of hydrogen-bond donors (Lipinski definition) is 3. The minimum absolute atomic E-state index is 0.0843. The Bertz CT molecular complexity index is 1540. The molecule has 1 amide bonds. The number of halogens is 1. The molecule has 0 aliphatic heterocycles. The molecular formula is C28H36FN9O3. The largest absolute Gasteiger partial charge is 0.460 e. The van der Waals surface area contributed by atoms with Crippen molar-refractivity contribution >= 4 is 45.9 Å². The minimum atomic E-state index is -0.833. The zero-order valence-electron chi connectivity index (χ0n) is 24.1. The lowest BCUT2D eigenvalue weighted by atomic mass is 10.1. The first-order valence-corrected chi connectivity index (χ1v) is 13.2. The van der Waals surface area contributed by atoms with Gasteiger partial charge in [-0.3, -0.25) is 19.0 Å². The van der Waals surface area contributed by atoms with Gasteiger partial charge < -0.3 is 26.0 Å². The Morgan fingerprint density at radius 2 is 1.95 bits per heavy atom. The number of primary amides is 1. The first kappa shape index (κ1) is 29.3. The number of benzene rings is 1. The topological polar surface area (TPSA) is 145 Å². The van der Waals surface area contributed by atoms with Crippen LogP contribution in [0.5, 0.6) is 0 Å². The van der Waals surface area contributed by atoms with Crippen LogP contribution in [0.1, 0.15) is 44.0 Å². The van der Waals surface area contributed by atoms with Gasteiger partial charge in [-0.05, 0) is 57.5 Å². The summed E-state index contributed by atoms with van der Waals surface area (Å²) in [4.78, 5) is 30.9. The standard InChI is InChI=1S/C28H36FN9O3/c1-28(2,3)41-23(39)11-9-18(16-38-13-7-12-31-38)33-26-21(29)15-20(24(30)40)25(34-26)32-17-8-10-22-19(14-17)27(36(4)5)35-37(22)6/h7-8,10,12-15,18H,9,11,16H2,1-6H3,(H2,30,40)(H2,32,33,34)/t18-/m0/s1. The molecule has 0 aliphatic carbocycles. The lowest BCUT2D eigenvalue weighted by Gasteiger charge is -2.23. The molecule has 0 spiro atoms. The summed E-state index contributed by atoms with van der Waals surface area (Å²) in [6.45, 7) is 5.73. The van der Waals surface area contributed by atoms with Crippen molar-refractivity contribution in [2.24, 2.45) is 12.8 Å². The van der Waals surface area contributed by atoms with Crippen molar-refractivity contribution in [1.29, 1.82) is 0 Å². The molecule has 1 atom stereocenters. The van der Waals surface area contributed by atoms with Crippen LogP contribution >= 0.6 is 0 Å². The molecule has 4 rings (SSSR count). The molecule has 0 radical (unpaired) electrons. The van der Waals surface area contributed by atoms with Crippen LogP contribution in [0.3, 0.4) is 0 Å². The molecule has 12 nitrogen and oxygen atoms in total. The maximum absolute atomic E-state index is 15.3. The van der Waals surface area contributed by atoms with Crippen LogP contribution in [0.15, 0.2) is 42.7 Å². The predicted molar refractivity (Wildman–Crippen MR) is 156 cm³/mol. The Hall–Kier alpha value is -4.68. The summed E-state index contributed by atoms with van der Waals surface area (Å²) in [5.74, 6) is -1.21. The number of aryl methyl sites for hydroxylation is 1. The molecule has 0 saturated heterocycles. The number of nitrogens with one attached hydrogen (secondary N) is 2. The summed E-state index contributed by atoms with van der Waals surface area (Å²) >= 11 is 0. The fraction of sp³-hybridized carbons (Fsp3) is 0.393. The molecule has 4 aromatic rings. The highest BCUT2D eigenvalue weighted by Gasteiger charge is 2.22.